The Balaban J connectivity index is 3.23. The maximum absolute atomic E-state index is 13.3. The number of benzene rings is 1. The molecule has 0 spiro atoms. The van der Waals surface area contributed by atoms with Crippen molar-refractivity contribution < 1.29 is 22.3 Å². The van der Waals surface area contributed by atoms with Crippen LogP contribution in [-0.2, 0) is 10.9 Å². The minimum Gasteiger partial charge on any atom is -0.379 e. The molecule has 0 heterocycles. The summed E-state index contributed by atoms with van der Waals surface area (Å²) in [6.45, 7) is 3.82. The lowest BCUT2D eigenvalue weighted by Gasteiger charge is -2.29. The fraction of sp³-hybridized carbons (Fsp3) is 0.571. The largest absolute Gasteiger partial charge is 0.419 e. The van der Waals surface area contributed by atoms with E-state index in [1.54, 1.807) is 7.05 Å². The number of hydrogen-bond acceptors (Lipinski definition) is 2. The first-order valence-electron chi connectivity index (χ1n) is 6.29. The first-order valence-corrected chi connectivity index (χ1v) is 6.29. The molecule has 0 bridgehead atoms. The predicted octanol–water partition coefficient (Wildman–Crippen LogP) is 3.78. The number of rotatable bonds is 5. The molecule has 1 aromatic carbocycles. The van der Waals surface area contributed by atoms with Crippen molar-refractivity contribution in [3.8, 4) is 0 Å². The Labute approximate surface area is 116 Å². The van der Waals surface area contributed by atoms with Crippen molar-refractivity contribution in [2.45, 2.75) is 32.2 Å². The number of halogens is 4. The molecule has 0 saturated heterocycles. The van der Waals surface area contributed by atoms with Crippen molar-refractivity contribution in [1.82, 2.24) is 5.32 Å². The van der Waals surface area contributed by atoms with E-state index in [0.29, 0.717) is 5.56 Å². The van der Waals surface area contributed by atoms with Crippen LogP contribution in [0.4, 0.5) is 17.6 Å². The summed E-state index contributed by atoms with van der Waals surface area (Å²) in [6.07, 6.45) is -5.02. The monoisotopic (exact) mass is 293 g/mol. The summed E-state index contributed by atoms with van der Waals surface area (Å²) in [5.41, 5.74) is -0.907. The van der Waals surface area contributed by atoms with Gasteiger partial charge in [0.25, 0.3) is 0 Å². The van der Waals surface area contributed by atoms with Crippen LogP contribution in [0, 0.1) is 11.7 Å². The van der Waals surface area contributed by atoms with Crippen molar-refractivity contribution in [3.05, 3.63) is 35.1 Å². The molecule has 0 aliphatic carbocycles. The molecule has 1 rings (SSSR count). The van der Waals surface area contributed by atoms with E-state index in [1.165, 1.54) is 13.2 Å². The molecule has 2 nitrogen and oxygen atoms in total. The van der Waals surface area contributed by atoms with Crippen LogP contribution in [-0.4, -0.2) is 20.3 Å². The molecule has 1 aromatic rings. The second-order valence-corrected chi connectivity index (χ2v) is 4.95. The second kappa shape index (κ2) is 6.54. The number of ether oxygens (including phenoxy) is 1. The summed E-state index contributed by atoms with van der Waals surface area (Å²) in [5.74, 6) is -1.17. The SMILES string of the molecule is CNC(c1ccc(F)c(C(F)(F)F)c1)C(OC)C(C)C. The molecular formula is C14H19F4NO. The van der Waals surface area contributed by atoms with Gasteiger partial charge in [-0.15, -0.1) is 0 Å². The average molecular weight is 293 g/mol. The first kappa shape index (κ1) is 16.9. The third-order valence-electron chi connectivity index (χ3n) is 3.22. The van der Waals surface area contributed by atoms with Crippen molar-refractivity contribution in [2.24, 2.45) is 5.92 Å². The van der Waals surface area contributed by atoms with Gasteiger partial charge in [-0.05, 0) is 30.7 Å². The van der Waals surface area contributed by atoms with Crippen molar-refractivity contribution >= 4 is 0 Å². The number of methoxy groups -OCH3 is 1. The standard InChI is InChI=1S/C14H19F4NO/c1-8(2)13(20-4)12(19-3)9-5-6-11(15)10(7-9)14(16,17)18/h5-8,12-13,19H,1-4H3. The van der Waals surface area contributed by atoms with Gasteiger partial charge in [-0.25, -0.2) is 4.39 Å². The molecule has 2 unspecified atom stereocenters. The van der Waals surface area contributed by atoms with Crippen LogP contribution < -0.4 is 5.32 Å². The van der Waals surface area contributed by atoms with Crippen LogP contribution in [0.3, 0.4) is 0 Å². The molecule has 0 aliphatic rings. The molecular weight excluding hydrogens is 274 g/mol. The summed E-state index contributed by atoms with van der Waals surface area (Å²) in [4.78, 5) is 0. The van der Waals surface area contributed by atoms with Gasteiger partial charge in [-0.1, -0.05) is 19.9 Å². The second-order valence-electron chi connectivity index (χ2n) is 4.95. The molecule has 2 atom stereocenters. The van der Waals surface area contributed by atoms with Crippen molar-refractivity contribution in [2.75, 3.05) is 14.2 Å². The fourth-order valence-corrected chi connectivity index (χ4v) is 2.27. The maximum atomic E-state index is 13.3. The topological polar surface area (TPSA) is 21.3 Å². The highest BCUT2D eigenvalue weighted by Gasteiger charge is 2.35. The third kappa shape index (κ3) is 3.70. The summed E-state index contributed by atoms with van der Waals surface area (Å²) >= 11 is 0. The van der Waals surface area contributed by atoms with E-state index < -0.39 is 23.6 Å². The number of nitrogens with one attached hydrogen (secondary N) is 1. The highest BCUT2D eigenvalue weighted by Crippen LogP contribution is 2.34. The quantitative estimate of drug-likeness (QED) is 0.834. The van der Waals surface area contributed by atoms with Gasteiger partial charge in [-0.3, -0.25) is 0 Å². The molecule has 1 N–H and O–H groups in total. The molecule has 6 heteroatoms. The van der Waals surface area contributed by atoms with E-state index in [-0.39, 0.29) is 12.0 Å². The number of hydrogen-bond donors (Lipinski definition) is 1. The minimum absolute atomic E-state index is 0.0943. The van der Waals surface area contributed by atoms with E-state index in [9.17, 15) is 17.6 Å². The summed E-state index contributed by atoms with van der Waals surface area (Å²) in [6, 6.07) is 2.59. The summed E-state index contributed by atoms with van der Waals surface area (Å²) < 4.78 is 56.9. The summed E-state index contributed by atoms with van der Waals surface area (Å²) in [5, 5.41) is 2.93. The van der Waals surface area contributed by atoms with Crippen molar-refractivity contribution in [3.63, 3.8) is 0 Å². The van der Waals surface area contributed by atoms with Gasteiger partial charge in [0.1, 0.15) is 5.82 Å². The van der Waals surface area contributed by atoms with Crippen LogP contribution in [0.1, 0.15) is 31.0 Å². The molecule has 0 amide bonds. The zero-order valence-electron chi connectivity index (χ0n) is 11.9. The molecule has 0 radical (unpaired) electrons. The van der Waals surface area contributed by atoms with Gasteiger partial charge < -0.3 is 10.1 Å². The fourth-order valence-electron chi connectivity index (χ4n) is 2.27. The lowest BCUT2D eigenvalue weighted by Crippen LogP contribution is -2.35. The van der Waals surface area contributed by atoms with Crippen LogP contribution >= 0.6 is 0 Å². The Morgan fingerprint density at radius 3 is 2.20 bits per heavy atom. The molecule has 0 saturated carbocycles. The molecule has 0 fully saturated rings. The highest BCUT2D eigenvalue weighted by atomic mass is 19.4. The normalized spacial score (nSPS) is 15.4. The van der Waals surface area contributed by atoms with Crippen molar-refractivity contribution in [1.29, 1.82) is 0 Å². The van der Waals surface area contributed by atoms with Crippen LogP contribution in [0.5, 0.6) is 0 Å². The Kier molecular flexibility index (Phi) is 5.53. The van der Waals surface area contributed by atoms with Gasteiger partial charge in [0.15, 0.2) is 0 Å². The molecule has 0 aliphatic heterocycles. The predicted molar refractivity (Wildman–Crippen MR) is 68.8 cm³/mol. The van der Waals surface area contributed by atoms with Crippen LogP contribution in [0.15, 0.2) is 18.2 Å². The van der Waals surface area contributed by atoms with Gasteiger partial charge in [-0.2, -0.15) is 13.2 Å². The lowest BCUT2D eigenvalue weighted by atomic mass is 9.92. The van der Waals surface area contributed by atoms with E-state index in [0.717, 1.165) is 12.1 Å². The summed E-state index contributed by atoms with van der Waals surface area (Å²) in [7, 11) is 3.14. The number of alkyl halides is 3. The third-order valence-corrected chi connectivity index (χ3v) is 3.22. The van der Waals surface area contributed by atoms with Crippen LogP contribution in [0.25, 0.3) is 0 Å². The van der Waals surface area contributed by atoms with Gasteiger partial charge in [0.05, 0.1) is 17.7 Å². The Morgan fingerprint density at radius 2 is 1.80 bits per heavy atom. The zero-order valence-corrected chi connectivity index (χ0v) is 11.9. The smallest absolute Gasteiger partial charge is 0.379 e. The minimum atomic E-state index is -4.71. The van der Waals surface area contributed by atoms with E-state index in [4.69, 9.17) is 4.74 Å². The molecule has 114 valence electrons. The van der Waals surface area contributed by atoms with E-state index in [2.05, 4.69) is 5.32 Å². The van der Waals surface area contributed by atoms with E-state index >= 15 is 0 Å². The Morgan fingerprint density at radius 1 is 1.20 bits per heavy atom. The number of likely N-dealkylation sites (N-methyl/N-ethyl adjacent to an activating group) is 1. The maximum Gasteiger partial charge on any atom is 0.419 e. The van der Waals surface area contributed by atoms with Gasteiger partial charge >= 0.3 is 6.18 Å². The average Bonchev–Trinajstić information content (AvgIpc) is 2.34. The Bertz CT molecular complexity index is 445. The zero-order chi connectivity index (χ0) is 15.5. The van der Waals surface area contributed by atoms with Gasteiger partial charge in [0.2, 0.25) is 0 Å². The van der Waals surface area contributed by atoms with E-state index in [1.807, 2.05) is 13.8 Å². The molecule has 0 aromatic heterocycles. The first-order chi connectivity index (χ1) is 9.22. The molecule has 20 heavy (non-hydrogen) atoms. The van der Waals surface area contributed by atoms with Gasteiger partial charge in [0, 0.05) is 7.11 Å². The Hall–Kier alpha value is -1.14. The highest BCUT2D eigenvalue weighted by molar-refractivity contribution is 5.30. The van der Waals surface area contributed by atoms with Crippen LogP contribution in [0.2, 0.25) is 0 Å². The lowest BCUT2D eigenvalue weighted by molar-refractivity contribution is -0.140.